The average molecular weight is 806 g/mol. The van der Waals surface area contributed by atoms with Gasteiger partial charge in [0.1, 0.15) is 0 Å². The number of amides is 2. The summed E-state index contributed by atoms with van der Waals surface area (Å²) in [5.41, 5.74) is 0. The molecule has 296 valence electrons. The topological polar surface area (TPSA) is 58.2 Å². The maximum absolute atomic E-state index is 13.9. The third kappa shape index (κ3) is 6.40. The summed E-state index contributed by atoms with van der Waals surface area (Å²) in [5.74, 6) is -88.1. The molecular formula is C20H12F26N2O2. The predicted molar refractivity (Wildman–Crippen MR) is 104 cm³/mol. The second-order valence-electron chi connectivity index (χ2n) is 10.2. The van der Waals surface area contributed by atoms with Gasteiger partial charge in [-0.2, -0.15) is 114 Å². The zero-order chi connectivity index (χ0) is 40.6. The Morgan fingerprint density at radius 2 is 0.500 bits per heavy atom. The molecule has 1 fully saturated rings. The van der Waals surface area contributed by atoms with Crippen LogP contribution < -0.4 is 10.6 Å². The Bertz CT molecular complexity index is 1160. The molecule has 30 heteroatoms. The third-order valence-corrected chi connectivity index (χ3v) is 6.83. The van der Waals surface area contributed by atoms with Gasteiger partial charge >= 0.3 is 71.6 Å². The Balaban J connectivity index is 3.13. The molecule has 2 N–H and O–H groups in total. The van der Waals surface area contributed by atoms with Crippen LogP contribution in [-0.4, -0.2) is 95.5 Å². The number of hydrogen-bond acceptors (Lipinski definition) is 2. The SMILES string of the molecule is O=C(NC1CCC(NC(=O)C(F)(F)C(F)(F)C(F)(F)C(F)(F)C(F)(F)C(F)(F)F)CC1)C(F)(F)C(F)(F)C(F)(F)C(F)(F)C(F)(F)C(F)(F)F. The van der Waals surface area contributed by atoms with Crippen LogP contribution in [0.15, 0.2) is 0 Å². The van der Waals surface area contributed by atoms with E-state index in [2.05, 4.69) is 0 Å². The van der Waals surface area contributed by atoms with Gasteiger partial charge in [0.25, 0.3) is 11.8 Å². The fraction of sp³-hybridized carbons (Fsp3) is 0.900. The fourth-order valence-electron chi connectivity index (χ4n) is 3.76. The minimum absolute atomic E-state index is 0.666. The zero-order valence-electron chi connectivity index (χ0n) is 22.6. The van der Waals surface area contributed by atoms with Crippen molar-refractivity contribution in [2.24, 2.45) is 0 Å². The van der Waals surface area contributed by atoms with E-state index in [1.807, 2.05) is 0 Å². The van der Waals surface area contributed by atoms with E-state index >= 15 is 0 Å². The lowest BCUT2D eigenvalue weighted by molar-refractivity contribution is -0.436. The molecule has 0 atom stereocenters. The lowest BCUT2D eigenvalue weighted by Crippen LogP contribution is -2.72. The molecule has 0 heterocycles. The number of halogens is 26. The summed E-state index contributed by atoms with van der Waals surface area (Å²) < 4.78 is 342. The first-order chi connectivity index (χ1) is 21.5. The van der Waals surface area contributed by atoms with Crippen molar-refractivity contribution in [2.75, 3.05) is 0 Å². The first-order valence-corrected chi connectivity index (χ1v) is 12.0. The number of nitrogens with one attached hydrogen (secondary N) is 2. The molecule has 2 amide bonds. The van der Waals surface area contributed by atoms with Gasteiger partial charge in [0, 0.05) is 12.1 Å². The highest BCUT2D eigenvalue weighted by molar-refractivity contribution is 5.86. The molecule has 0 unspecified atom stereocenters. The van der Waals surface area contributed by atoms with Crippen molar-refractivity contribution in [3.05, 3.63) is 0 Å². The van der Waals surface area contributed by atoms with Crippen LogP contribution in [-0.2, 0) is 9.59 Å². The molecule has 0 bridgehead atoms. The molecule has 0 spiro atoms. The molecule has 0 radical (unpaired) electrons. The highest BCUT2D eigenvalue weighted by atomic mass is 19.4. The van der Waals surface area contributed by atoms with Crippen LogP contribution >= 0.6 is 0 Å². The van der Waals surface area contributed by atoms with Crippen LogP contribution in [0, 0.1) is 0 Å². The maximum atomic E-state index is 13.9. The fourth-order valence-corrected chi connectivity index (χ4v) is 3.76. The van der Waals surface area contributed by atoms with Gasteiger partial charge in [-0.25, -0.2) is 0 Å². The molecule has 0 saturated heterocycles. The number of carbonyl (C=O) groups is 2. The van der Waals surface area contributed by atoms with Crippen LogP contribution in [0.4, 0.5) is 114 Å². The van der Waals surface area contributed by atoms with Gasteiger partial charge in [-0.15, -0.1) is 0 Å². The molecule has 1 aliphatic carbocycles. The average Bonchev–Trinajstić information content (AvgIpc) is 2.91. The molecular weight excluding hydrogens is 794 g/mol. The normalized spacial score (nSPS) is 20.4. The summed E-state index contributed by atoms with van der Waals surface area (Å²) in [4.78, 5) is 23.1. The Morgan fingerprint density at radius 1 is 0.320 bits per heavy atom. The molecule has 0 aromatic heterocycles. The standard InChI is InChI=1S/C20H12F26N2O2/c21-9(22,11(25,26)13(29,30)15(33,34)17(37,38)19(41,42)43)7(49)47-5-1-2-6(4-3-5)48-8(50)10(23,24)12(27,28)14(31,32)16(35,36)18(39,40)20(44,45)46/h5-6H,1-4H2,(H,47,49)(H,48,50). The van der Waals surface area contributed by atoms with E-state index in [0.29, 0.717) is 10.6 Å². The van der Waals surface area contributed by atoms with E-state index in [-0.39, 0.29) is 0 Å². The van der Waals surface area contributed by atoms with E-state index in [9.17, 15) is 124 Å². The first kappa shape index (κ1) is 45.1. The van der Waals surface area contributed by atoms with E-state index in [1.54, 1.807) is 0 Å². The molecule has 4 nitrogen and oxygen atoms in total. The second-order valence-corrected chi connectivity index (χ2v) is 10.2. The Hall–Kier alpha value is -2.88. The third-order valence-electron chi connectivity index (χ3n) is 6.83. The van der Waals surface area contributed by atoms with Gasteiger partial charge in [0.05, 0.1) is 0 Å². The summed E-state index contributed by atoms with van der Waals surface area (Å²) in [6.45, 7) is 0. The van der Waals surface area contributed by atoms with Crippen molar-refractivity contribution in [3.8, 4) is 0 Å². The van der Waals surface area contributed by atoms with Crippen molar-refractivity contribution in [2.45, 2.75) is 109 Å². The van der Waals surface area contributed by atoms with Crippen molar-refractivity contribution < 1.29 is 124 Å². The van der Waals surface area contributed by atoms with Crippen LogP contribution in [0.1, 0.15) is 25.7 Å². The monoisotopic (exact) mass is 806 g/mol. The smallest absolute Gasteiger partial charge is 0.348 e. The van der Waals surface area contributed by atoms with Crippen LogP contribution in [0.3, 0.4) is 0 Å². The summed E-state index contributed by atoms with van der Waals surface area (Å²) in [6.07, 6.45) is -20.5. The summed E-state index contributed by atoms with van der Waals surface area (Å²) in [5, 5.41) is 1.33. The zero-order valence-corrected chi connectivity index (χ0v) is 22.6. The molecule has 1 rings (SSSR count). The largest absolute Gasteiger partial charge is 0.460 e. The second kappa shape index (κ2) is 12.4. The van der Waals surface area contributed by atoms with Gasteiger partial charge in [0.15, 0.2) is 0 Å². The van der Waals surface area contributed by atoms with Crippen LogP contribution in [0.2, 0.25) is 0 Å². The van der Waals surface area contributed by atoms with E-state index < -0.39 is 121 Å². The molecule has 1 aliphatic rings. The van der Waals surface area contributed by atoms with Gasteiger partial charge < -0.3 is 10.6 Å². The van der Waals surface area contributed by atoms with Crippen LogP contribution in [0.5, 0.6) is 0 Å². The Labute approximate surface area is 256 Å². The van der Waals surface area contributed by atoms with Crippen molar-refractivity contribution in [1.82, 2.24) is 10.6 Å². The predicted octanol–water partition coefficient (Wildman–Crippen LogP) is 8.01. The minimum Gasteiger partial charge on any atom is -0.348 e. The molecule has 50 heavy (non-hydrogen) atoms. The van der Waals surface area contributed by atoms with Crippen LogP contribution in [0.25, 0.3) is 0 Å². The summed E-state index contributed by atoms with van der Waals surface area (Å²) >= 11 is 0. The number of alkyl halides is 26. The van der Waals surface area contributed by atoms with Crippen molar-refractivity contribution in [1.29, 1.82) is 0 Å². The number of carbonyl (C=O) groups excluding carboxylic acids is 2. The maximum Gasteiger partial charge on any atom is 0.460 e. The lowest BCUT2D eigenvalue weighted by Gasteiger charge is -2.40. The Kier molecular flexibility index (Phi) is 11.2. The number of rotatable bonds is 12. The molecule has 0 aromatic rings. The Morgan fingerprint density at radius 3 is 0.680 bits per heavy atom. The quantitative estimate of drug-likeness (QED) is 0.197. The van der Waals surface area contributed by atoms with Gasteiger partial charge in [0.2, 0.25) is 0 Å². The first-order valence-electron chi connectivity index (χ1n) is 12.0. The number of hydrogen-bond donors (Lipinski definition) is 2. The summed E-state index contributed by atoms with van der Waals surface area (Å²) in [7, 11) is 0. The van der Waals surface area contributed by atoms with E-state index in [0.717, 1.165) is 0 Å². The van der Waals surface area contributed by atoms with Gasteiger partial charge in [-0.05, 0) is 25.7 Å². The minimum atomic E-state index is -8.38. The van der Waals surface area contributed by atoms with E-state index in [1.165, 1.54) is 0 Å². The van der Waals surface area contributed by atoms with E-state index in [4.69, 9.17) is 0 Å². The van der Waals surface area contributed by atoms with Crippen molar-refractivity contribution >= 4 is 11.8 Å². The highest BCUT2D eigenvalue weighted by Crippen LogP contribution is 2.62. The molecule has 1 saturated carbocycles. The van der Waals surface area contributed by atoms with Gasteiger partial charge in [-0.3, -0.25) is 9.59 Å². The van der Waals surface area contributed by atoms with Gasteiger partial charge in [-0.1, -0.05) is 0 Å². The van der Waals surface area contributed by atoms with Crippen molar-refractivity contribution in [3.63, 3.8) is 0 Å². The highest BCUT2D eigenvalue weighted by Gasteiger charge is 2.93. The summed E-state index contributed by atoms with van der Waals surface area (Å²) in [6, 6.07) is -4.39. The molecule has 0 aliphatic heterocycles. The molecule has 0 aromatic carbocycles. The lowest BCUT2D eigenvalue weighted by atomic mass is 9.89.